The van der Waals surface area contributed by atoms with Crippen LogP contribution in [-0.2, 0) is 5.41 Å². The number of hydrogen-bond donors (Lipinski definition) is 2. The maximum absolute atomic E-state index is 12.2. The summed E-state index contributed by atoms with van der Waals surface area (Å²) in [6.45, 7) is 8.80. The number of carboxylic acids is 1. The lowest BCUT2D eigenvalue weighted by molar-refractivity contribution is 0.0697. The zero-order chi connectivity index (χ0) is 25.5. The fraction of sp³-hybridized carbons (Fsp3) is 0.345. The van der Waals surface area contributed by atoms with Crippen LogP contribution in [0.5, 0.6) is 11.5 Å². The van der Waals surface area contributed by atoms with Gasteiger partial charge in [-0.05, 0) is 57.9 Å². The average molecular weight is 538 g/mol. The summed E-state index contributed by atoms with van der Waals surface area (Å²) in [5.41, 5.74) is 5.34. The molecule has 3 aromatic rings. The standard InChI is InChI=1S/C29H32BrNO4/c1-16-25(18-9-12-23(34-5)24(13-18)35-6)21-14-20(30)15-22(28(32)33)27(21)31-26(16)17-7-10-19(11-8-17)29(2,3)4/h7-16,25-26,31H,1-6H3,(H,32,33). The van der Waals surface area contributed by atoms with E-state index in [1.807, 2.05) is 24.3 Å². The van der Waals surface area contributed by atoms with Crippen molar-refractivity contribution >= 4 is 27.6 Å². The van der Waals surface area contributed by atoms with Gasteiger partial charge in [0.2, 0.25) is 0 Å². The lowest BCUT2D eigenvalue weighted by atomic mass is 9.72. The zero-order valence-electron chi connectivity index (χ0n) is 21.0. The van der Waals surface area contributed by atoms with E-state index in [0.717, 1.165) is 21.2 Å². The largest absolute Gasteiger partial charge is 0.493 e. The Morgan fingerprint density at radius 2 is 1.57 bits per heavy atom. The van der Waals surface area contributed by atoms with Crippen molar-refractivity contribution in [1.82, 2.24) is 0 Å². The number of ether oxygens (including phenoxy) is 2. The van der Waals surface area contributed by atoms with Crippen molar-refractivity contribution in [2.75, 3.05) is 19.5 Å². The van der Waals surface area contributed by atoms with E-state index in [2.05, 4.69) is 73.2 Å². The monoisotopic (exact) mass is 537 g/mol. The predicted molar refractivity (Wildman–Crippen MR) is 143 cm³/mol. The maximum atomic E-state index is 12.2. The highest BCUT2D eigenvalue weighted by Gasteiger charge is 2.38. The Labute approximate surface area is 215 Å². The van der Waals surface area contributed by atoms with Crippen molar-refractivity contribution in [3.8, 4) is 11.5 Å². The van der Waals surface area contributed by atoms with Gasteiger partial charge >= 0.3 is 5.97 Å². The quantitative estimate of drug-likeness (QED) is 0.355. The predicted octanol–water partition coefficient (Wildman–Crippen LogP) is 7.40. The van der Waals surface area contributed by atoms with Crippen LogP contribution in [0.2, 0.25) is 0 Å². The van der Waals surface area contributed by atoms with Gasteiger partial charge in [0.05, 0.1) is 31.5 Å². The first-order valence-corrected chi connectivity index (χ1v) is 12.5. The van der Waals surface area contributed by atoms with Gasteiger partial charge in [0, 0.05) is 10.4 Å². The van der Waals surface area contributed by atoms with Gasteiger partial charge in [-0.3, -0.25) is 0 Å². The number of carbonyl (C=O) groups is 1. The third-order valence-electron chi connectivity index (χ3n) is 6.95. The van der Waals surface area contributed by atoms with Crippen LogP contribution in [-0.4, -0.2) is 25.3 Å². The van der Waals surface area contributed by atoms with Gasteiger partial charge in [0.1, 0.15) is 0 Å². The van der Waals surface area contributed by atoms with E-state index in [0.29, 0.717) is 17.2 Å². The molecule has 0 aromatic heterocycles. The van der Waals surface area contributed by atoms with Crippen molar-refractivity contribution in [2.24, 2.45) is 5.92 Å². The molecule has 5 nitrogen and oxygen atoms in total. The molecule has 0 bridgehead atoms. The van der Waals surface area contributed by atoms with Crippen LogP contribution < -0.4 is 14.8 Å². The van der Waals surface area contributed by atoms with Crippen molar-refractivity contribution in [2.45, 2.75) is 45.1 Å². The Balaban J connectivity index is 1.89. The molecule has 3 atom stereocenters. The van der Waals surface area contributed by atoms with E-state index >= 15 is 0 Å². The van der Waals surface area contributed by atoms with E-state index in [9.17, 15) is 9.90 Å². The SMILES string of the molecule is COc1ccc(C2c3cc(Br)cc(C(=O)O)c3NC(c3ccc(C(C)(C)C)cc3)C2C)cc1OC. The number of carboxylic acid groups (broad SMARTS) is 1. The van der Waals surface area contributed by atoms with E-state index in [1.165, 1.54) is 5.56 Å². The second kappa shape index (κ2) is 9.57. The van der Waals surface area contributed by atoms with Gasteiger partial charge in [-0.1, -0.05) is 74.0 Å². The molecule has 3 unspecified atom stereocenters. The summed E-state index contributed by atoms with van der Waals surface area (Å²) in [6, 6.07) is 18.2. The summed E-state index contributed by atoms with van der Waals surface area (Å²) >= 11 is 3.53. The van der Waals surface area contributed by atoms with Crippen LogP contribution >= 0.6 is 15.9 Å². The van der Waals surface area contributed by atoms with Gasteiger partial charge in [0.25, 0.3) is 0 Å². The molecule has 1 aliphatic heterocycles. The molecule has 0 amide bonds. The molecule has 2 N–H and O–H groups in total. The number of benzene rings is 3. The molecule has 0 fully saturated rings. The summed E-state index contributed by atoms with van der Waals surface area (Å²) in [7, 11) is 3.24. The van der Waals surface area contributed by atoms with E-state index in [4.69, 9.17) is 9.47 Å². The van der Waals surface area contributed by atoms with E-state index < -0.39 is 5.97 Å². The van der Waals surface area contributed by atoms with E-state index in [-0.39, 0.29) is 28.9 Å². The minimum atomic E-state index is -0.961. The first-order valence-electron chi connectivity index (χ1n) is 11.7. The smallest absolute Gasteiger partial charge is 0.337 e. The molecule has 0 saturated heterocycles. The second-order valence-corrected chi connectivity index (χ2v) is 11.1. The molecule has 0 saturated carbocycles. The molecular weight excluding hydrogens is 506 g/mol. The first kappa shape index (κ1) is 25.1. The van der Waals surface area contributed by atoms with Crippen LogP contribution in [0.4, 0.5) is 5.69 Å². The fourth-order valence-corrected chi connectivity index (χ4v) is 5.55. The second-order valence-electron chi connectivity index (χ2n) is 10.2. The number of anilines is 1. The highest BCUT2D eigenvalue weighted by molar-refractivity contribution is 9.10. The van der Waals surface area contributed by atoms with Gasteiger partial charge in [-0.15, -0.1) is 0 Å². The Morgan fingerprint density at radius 3 is 2.14 bits per heavy atom. The molecule has 35 heavy (non-hydrogen) atoms. The van der Waals surface area contributed by atoms with Crippen LogP contribution in [0, 0.1) is 5.92 Å². The highest BCUT2D eigenvalue weighted by Crippen LogP contribution is 2.50. The molecule has 1 aliphatic rings. The summed E-state index contributed by atoms with van der Waals surface area (Å²) in [6.07, 6.45) is 0. The fourth-order valence-electron chi connectivity index (χ4n) is 5.07. The van der Waals surface area contributed by atoms with Crippen LogP contribution in [0.25, 0.3) is 0 Å². The normalized spacial score (nSPS) is 19.5. The summed E-state index contributed by atoms with van der Waals surface area (Å²) < 4.78 is 11.8. The molecule has 0 spiro atoms. The van der Waals surface area contributed by atoms with Gasteiger partial charge < -0.3 is 19.9 Å². The van der Waals surface area contributed by atoms with Crippen molar-refractivity contribution < 1.29 is 19.4 Å². The maximum Gasteiger partial charge on any atom is 0.337 e. The molecule has 1 heterocycles. The summed E-state index contributed by atoms with van der Waals surface area (Å²) in [4.78, 5) is 12.2. The van der Waals surface area contributed by atoms with Crippen molar-refractivity contribution in [3.05, 3.63) is 86.9 Å². The zero-order valence-corrected chi connectivity index (χ0v) is 22.6. The van der Waals surface area contributed by atoms with Crippen molar-refractivity contribution in [3.63, 3.8) is 0 Å². The molecular formula is C29H32BrNO4. The van der Waals surface area contributed by atoms with Gasteiger partial charge in [0.15, 0.2) is 11.5 Å². The van der Waals surface area contributed by atoms with Crippen LogP contribution in [0.15, 0.2) is 59.1 Å². The van der Waals surface area contributed by atoms with E-state index in [1.54, 1.807) is 20.3 Å². The Bertz CT molecular complexity index is 1250. The lowest BCUT2D eigenvalue weighted by Crippen LogP contribution is -2.32. The molecule has 0 radical (unpaired) electrons. The number of aromatic carboxylic acids is 1. The summed E-state index contributed by atoms with van der Waals surface area (Å²) in [5, 5.41) is 13.6. The molecule has 6 heteroatoms. The third kappa shape index (κ3) is 4.76. The number of fused-ring (bicyclic) bond motifs is 1. The molecule has 3 aromatic carbocycles. The third-order valence-corrected chi connectivity index (χ3v) is 7.41. The molecule has 184 valence electrons. The number of nitrogens with one attached hydrogen (secondary N) is 1. The van der Waals surface area contributed by atoms with Crippen LogP contribution in [0.3, 0.4) is 0 Å². The average Bonchev–Trinajstić information content (AvgIpc) is 2.82. The topological polar surface area (TPSA) is 67.8 Å². The van der Waals surface area contributed by atoms with Gasteiger partial charge in [-0.25, -0.2) is 4.79 Å². The van der Waals surface area contributed by atoms with Crippen LogP contribution in [0.1, 0.15) is 72.3 Å². The number of hydrogen-bond acceptors (Lipinski definition) is 4. The Kier molecular flexibility index (Phi) is 6.87. The highest BCUT2D eigenvalue weighted by atomic mass is 79.9. The Morgan fingerprint density at radius 1 is 0.943 bits per heavy atom. The summed E-state index contributed by atoms with van der Waals surface area (Å²) in [5.74, 6) is 0.410. The first-order chi connectivity index (χ1) is 16.5. The van der Waals surface area contributed by atoms with Gasteiger partial charge in [-0.2, -0.15) is 0 Å². The number of methoxy groups -OCH3 is 2. The minimum Gasteiger partial charge on any atom is -0.493 e. The number of halogens is 1. The lowest BCUT2D eigenvalue weighted by Gasteiger charge is -2.40. The molecule has 0 aliphatic carbocycles. The minimum absolute atomic E-state index is 0.0572. The molecule has 4 rings (SSSR count). The number of rotatable bonds is 5. The van der Waals surface area contributed by atoms with Crippen molar-refractivity contribution in [1.29, 1.82) is 0 Å². The Hall–Kier alpha value is -2.99.